The van der Waals surface area contributed by atoms with Gasteiger partial charge in [0.05, 0.1) is 0 Å². The van der Waals surface area contributed by atoms with Gasteiger partial charge in [-0.1, -0.05) is 0 Å². The Bertz CT molecular complexity index is 646. The Hall–Kier alpha value is -1.52. The summed E-state index contributed by atoms with van der Waals surface area (Å²) in [6.45, 7) is 4.81. The molecule has 5 nitrogen and oxygen atoms in total. The molecule has 2 heterocycles. The highest BCUT2D eigenvalue weighted by Gasteiger charge is 2.52. The minimum absolute atomic E-state index is 0.112. The number of aryl methyl sites for hydroxylation is 1. The van der Waals surface area contributed by atoms with Gasteiger partial charge >= 0.3 is 6.03 Å². The Morgan fingerprint density at radius 2 is 1.92 bits per heavy atom. The van der Waals surface area contributed by atoms with E-state index in [9.17, 15) is 4.79 Å². The second kappa shape index (κ2) is 6.28. The topological polar surface area (TPSA) is 50.2 Å². The first-order chi connectivity index (χ1) is 12.6. The normalized spacial score (nSPS) is 38.6. The zero-order chi connectivity index (χ0) is 17.7. The number of urea groups is 1. The van der Waals surface area contributed by atoms with E-state index in [0.717, 1.165) is 56.1 Å². The quantitative estimate of drug-likeness (QED) is 0.896. The Morgan fingerprint density at radius 1 is 1.23 bits per heavy atom. The van der Waals surface area contributed by atoms with Crippen molar-refractivity contribution >= 4 is 6.03 Å². The molecule has 1 saturated heterocycles. The summed E-state index contributed by atoms with van der Waals surface area (Å²) in [5.41, 5.74) is 0.112. The second-order valence-corrected chi connectivity index (χ2v) is 9.48. The highest BCUT2D eigenvalue weighted by atomic mass is 16.2. The molecule has 26 heavy (non-hydrogen) atoms. The minimum atomic E-state index is 0.112. The summed E-state index contributed by atoms with van der Waals surface area (Å²) in [6, 6.07) is 0.186. The van der Waals surface area contributed by atoms with Crippen molar-refractivity contribution in [3.8, 4) is 0 Å². The molecule has 4 aliphatic carbocycles. The maximum Gasteiger partial charge on any atom is 0.317 e. The Labute approximate surface area is 156 Å². The summed E-state index contributed by atoms with van der Waals surface area (Å²) in [5.74, 6) is 4.13. The fourth-order valence-corrected chi connectivity index (χ4v) is 6.89. The van der Waals surface area contributed by atoms with Crippen molar-refractivity contribution in [1.29, 1.82) is 0 Å². The Balaban J connectivity index is 1.27. The number of nitrogens with one attached hydrogen (secondary N) is 1. The number of imidazole rings is 1. The predicted octanol–water partition coefficient (Wildman–Crippen LogP) is 3.76. The molecule has 5 fully saturated rings. The van der Waals surface area contributed by atoms with Crippen molar-refractivity contribution in [2.24, 2.45) is 17.8 Å². The lowest BCUT2D eigenvalue weighted by Crippen LogP contribution is -2.62. The van der Waals surface area contributed by atoms with Crippen LogP contribution in [-0.4, -0.2) is 39.1 Å². The van der Waals surface area contributed by atoms with Gasteiger partial charge in [-0.2, -0.15) is 0 Å². The minimum Gasteiger partial charge on any atom is -0.335 e. The lowest BCUT2D eigenvalue weighted by Gasteiger charge is -2.57. The van der Waals surface area contributed by atoms with E-state index < -0.39 is 0 Å². The van der Waals surface area contributed by atoms with Gasteiger partial charge in [-0.05, 0) is 76.0 Å². The van der Waals surface area contributed by atoms with Gasteiger partial charge in [0.25, 0.3) is 0 Å². The first-order valence-electron chi connectivity index (χ1n) is 10.7. The van der Waals surface area contributed by atoms with Crippen molar-refractivity contribution in [1.82, 2.24) is 19.8 Å². The Kier molecular flexibility index (Phi) is 4.02. The van der Waals surface area contributed by atoms with Crippen LogP contribution in [0.2, 0.25) is 0 Å². The number of carbonyl (C=O) groups is 1. The molecule has 0 spiro atoms. The molecule has 1 unspecified atom stereocenters. The van der Waals surface area contributed by atoms with Crippen molar-refractivity contribution in [2.75, 3.05) is 13.1 Å². The van der Waals surface area contributed by atoms with Gasteiger partial charge in [0.1, 0.15) is 5.82 Å². The van der Waals surface area contributed by atoms with Gasteiger partial charge in [-0.3, -0.25) is 0 Å². The average molecular weight is 357 g/mol. The van der Waals surface area contributed by atoms with E-state index >= 15 is 0 Å². The van der Waals surface area contributed by atoms with Crippen LogP contribution in [0, 0.1) is 17.8 Å². The van der Waals surface area contributed by atoms with Crippen LogP contribution < -0.4 is 5.32 Å². The van der Waals surface area contributed by atoms with E-state index in [2.05, 4.69) is 32.9 Å². The molecule has 1 aromatic rings. The van der Waals surface area contributed by atoms with Gasteiger partial charge < -0.3 is 14.8 Å². The van der Waals surface area contributed by atoms with Gasteiger partial charge in [0.2, 0.25) is 0 Å². The largest absolute Gasteiger partial charge is 0.335 e. The average Bonchev–Trinajstić information content (AvgIpc) is 3.09. The first kappa shape index (κ1) is 16.6. The van der Waals surface area contributed by atoms with Crippen molar-refractivity contribution < 1.29 is 4.79 Å². The monoisotopic (exact) mass is 356 g/mol. The van der Waals surface area contributed by atoms with Gasteiger partial charge in [-0.25, -0.2) is 9.78 Å². The number of rotatable bonds is 3. The lowest BCUT2D eigenvalue weighted by molar-refractivity contribution is -0.0161. The van der Waals surface area contributed by atoms with Crippen molar-refractivity contribution in [3.63, 3.8) is 0 Å². The molecule has 2 amide bonds. The molecule has 1 aliphatic heterocycles. The summed E-state index contributed by atoms with van der Waals surface area (Å²) in [6.07, 6.45) is 14.1. The molecule has 1 aromatic heterocycles. The summed E-state index contributed by atoms with van der Waals surface area (Å²) in [7, 11) is 0. The molecule has 142 valence electrons. The van der Waals surface area contributed by atoms with E-state index in [-0.39, 0.29) is 11.6 Å². The van der Waals surface area contributed by atoms with E-state index in [1.807, 2.05) is 6.20 Å². The van der Waals surface area contributed by atoms with E-state index in [1.54, 1.807) is 0 Å². The second-order valence-electron chi connectivity index (χ2n) is 9.48. The number of amides is 2. The fourth-order valence-electron chi connectivity index (χ4n) is 6.89. The summed E-state index contributed by atoms with van der Waals surface area (Å²) >= 11 is 0. The third kappa shape index (κ3) is 2.84. The Morgan fingerprint density at radius 3 is 2.58 bits per heavy atom. The van der Waals surface area contributed by atoms with Crippen molar-refractivity contribution in [2.45, 2.75) is 76.3 Å². The molecule has 6 rings (SSSR count). The van der Waals surface area contributed by atoms with Crippen LogP contribution in [0.4, 0.5) is 4.79 Å². The van der Waals surface area contributed by atoms with Crippen LogP contribution in [0.3, 0.4) is 0 Å². The fraction of sp³-hybridized carbons (Fsp3) is 0.810. The summed E-state index contributed by atoms with van der Waals surface area (Å²) in [5, 5.41) is 3.55. The number of hydrogen-bond donors (Lipinski definition) is 1. The third-order valence-corrected chi connectivity index (χ3v) is 7.57. The van der Waals surface area contributed by atoms with Crippen LogP contribution in [0.1, 0.15) is 70.0 Å². The van der Waals surface area contributed by atoms with Crippen molar-refractivity contribution in [3.05, 3.63) is 18.2 Å². The molecule has 0 radical (unpaired) electrons. The molecule has 0 aromatic carbocycles. The molecule has 5 heteroatoms. The summed E-state index contributed by atoms with van der Waals surface area (Å²) in [4.78, 5) is 19.8. The molecule has 1 atom stereocenters. The number of hydrogen-bond acceptors (Lipinski definition) is 2. The number of carbonyl (C=O) groups excluding carboxylic acids is 1. The predicted molar refractivity (Wildman–Crippen MR) is 101 cm³/mol. The smallest absolute Gasteiger partial charge is 0.317 e. The number of likely N-dealkylation sites (tertiary alicyclic amines) is 1. The van der Waals surface area contributed by atoms with Gasteiger partial charge in [0.15, 0.2) is 0 Å². The molecule has 5 aliphatic rings. The molecule has 4 bridgehead atoms. The van der Waals surface area contributed by atoms with Gasteiger partial charge in [0, 0.05) is 43.5 Å². The van der Waals surface area contributed by atoms with Crippen LogP contribution in [0.25, 0.3) is 0 Å². The third-order valence-electron chi connectivity index (χ3n) is 7.57. The highest BCUT2D eigenvalue weighted by Crippen LogP contribution is 2.55. The van der Waals surface area contributed by atoms with E-state index in [1.165, 1.54) is 38.5 Å². The van der Waals surface area contributed by atoms with Crippen LogP contribution in [0.15, 0.2) is 12.4 Å². The van der Waals surface area contributed by atoms with E-state index in [0.29, 0.717) is 5.92 Å². The van der Waals surface area contributed by atoms with Crippen LogP contribution >= 0.6 is 0 Å². The molecule has 4 saturated carbocycles. The number of aromatic nitrogens is 2. The van der Waals surface area contributed by atoms with Gasteiger partial charge in [-0.15, -0.1) is 0 Å². The maximum atomic E-state index is 13.1. The lowest BCUT2D eigenvalue weighted by atomic mass is 9.53. The summed E-state index contributed by atoms with van der Waals surface area (Å²) < 4.78 is 2.23. The number of piperidine rings is 1. The first-order valence-corrected chi connectivity index (χ1v) is 10.7. The number of nitrogens with zero attached hydrogens (tertiary/aromatic N) is 3. The molecular formula is C21H32N4O. The van der Waals surface area contributed by atoms with Crippen LogP contribution in [-0.2, 0) is 6.54 Å². The maximum absolute atomic E-state index is 13.1. The molecular weight excluding hydrogens is 324 g/mol. The zero-order valence-electron chi connectivity index (χ0n) is 16.0. The van der Waals surface area contributed by atoms with Crippen LogP contribution in [0.5, 0.6) is 0 Å². The highest BCUT2D eigenvalue weighted by molar-refractivity contribution is 5.75. The zero-order valence-corrected chi connectivity index (χ0v) is 16.0. The standard InChI is InChI=1S/C21H32N4O/c1-2-24-7-5-22-19(24)18-4-3-6-25(14-18)20(26)23-21-11-15-8-16(12-21)10-17(9-15)13-21/h5,7,15-18H,2-4,6,8-14H2,1H3,(H,23,26). The SMILES string of the molecule is CCn1ccnc1C1CCCN(C(=O)NC23CC4CC(CC(C4)C2)C3)C1. The molecule has 1 N–H and O–H groups in total. The van der Waals surface area contributed by atoms with E-state index in [4.69, 9.17) is 0 Å².